The average molecular weight is 310 g/mol. The number of carbonyl (C=O) groups is 1. The molecule has 1 aromatic rings. The standard InChI is InChI=1S/C12H15ClF3N3O/c1-8-10(13)11(12(14,15)16)17-19(8)7-4-9(20)18-5-2-3-6-18/h2-7H2,1H3. The molecule has 1 aliphatic heterocycles. The van der Waals surface area contributed by atoms with E-state index >= 15 is 0 Å². The number of rotatable bonds is 3. The molecule has 20 heavy (non-hydrogen) atoms. The second-order valence-electron chi connectivity index (χ2n) is 4.81. The first kappa shape index (κ1) is 15.2. The first-order valence-electron chi connectivity index (χ1n) is 6.38. The van der Waals surface area contributed by atoms with Gasteiger partial charge in [-0.1, -0.05) is 11.6 Å². The number of aryl methyl sites for hydroxylation is 1. The van der Waals surface area contributed by atoms with Gasteiger partial charge in [0.2, 0.25) is 5.91 Å². The Morgan fingerprint density at radius 2 is 1.95 bits per heavy atom. The smallest absolute Gasteiger partial charge is 0.343 e. The number of hydrogen-bond donors (Lipinski definition) is 0. The van der Waals surface area contributed by atoms with Gasteiger partial charge in [-0.25, -0.2) is 0 Å². The number of nitrogens with zero attached hydrogens (tertiary/aromatic N) is 3. The lowest BCUT2D eigenvalue weighted by molar-refractivity contribution is -0.141. The molecule has 0 saturated carbocycles. The molecule has 0 aromatic carbocycles. The minimum atomic E-state index is -4.58. The first-order chi connectivity index (χ1) is 9.30. The fourth-order valence-electron chi connectivity index (χ4n) is 2.25. The normalized spacial score (nSPS) is 15.9. The molecule has 1 fully saturated rings. The first-order valence-corrected chi connectivity index (χ1v) is 6.76. The molecule has 0 bridgehead atoms. The van der Waals surface area contributed by atoms with Crippen LogP contribution in [0.1, 0.15) is 30.7 Å². The van der Waals surface area contributed by atoms with Gasteiger partial charge < -0.3 is 4.90 Å². The van der Waals surface area contributed by atoms with Crippen LogP contribution < -0.4 is 0 Å². The van der Waals surface area contributed by atoms with E-state index in [4.69, 9.17) is 11.6 Å². The lowest BCUT2D eigenvalue weighted by Crippen LogP contribution is -2.28. The number of likely N-dealkylation sites (tertiary alicyclic amines) is 1. The fraction of sp³-hybridized carbons (Fsp3) is 0.667. The Bertz CT molecular complexity index is 507. The zero-order valence-electron chi connectivity index (χ0n) is 11.0. The largest absolute Gasteiger partial charge is 0.436 e. The molecular weight excluding hydrogens is 295 g/mol. The maximum Gasteiger partial charge on any atom is 0.436 e. The van der Waals surface area contributed by atoms with Crippen LogP contribution in [0.25, 0.3) is 0 Å². The predicted octanol–water partition coefficient (Wildman–Crippen LogP) is 2.88. The SMILES string of the molecule is Cc1c(Cl)c(C(F)(F)F)nn1CCC(=O)N1CCCC1. The van der Waals surface area contributed by atoms with Crippen molar-refractivity contribution < 1.29 is 18.0 Å². The number of aromatic nitrogens is 2. The molecule has 8 heteroatoms. The number of alkyl halides is 3. The summed E-state index contributed by atoms with van der Waals surface area (Å²) in [5, 5.41) is 3.07. The second kappa shape index (κ2) is 5.63. The molecular formula is C12H15ClF3N3O. The third-order valence-electron chi connectivity index (χ3n) is 3.40. The predicted molar refractivity (Wildman–Crippen MR) is 67.4 cm³/mol. The van der Waals surface area contributed by atoms with E-state index in [1.807, 2.05) is 0 Å². The maximum atomic E-state index is 12.7. The summed E-state index contributed by atoms with van der Waals surface area (Å²) in [6, 6.07) is 0. The molecule has 0 radical (unpaired) electrons. The molecule has 0 atom stereocenters. The molecule has 2 heterocycles. The molecule has 1 aromatic heterocycles. The second-order valence-corrected chi connectivity index (χ2v) is 5.18. The highest BCUT2D eigenvalue weighted by atomic mass is 35.5. The maximum absolute atomic E-state index is 12.7. The molecule has 1 amide bonds. The molecule has 1 saturated heterocycles. The van der Waals surface area contributed by atoms with Gasteiger partial charge in [0.25, 0.3) is 0 Å². The van der Waals surface area contributed by atoms with Crippen molar-refractivity contribution in [3.63, 3.8) is 0 Å². The van der Waals surface area contributed by atoms with Crippen LogP contribution in [0, 0.1) is 6.92 Å². The number of halogens is 4. The van der Waals surface area contributed by atoms with E-state index in [2.05, 4.69) is 5.10 Å². The van der Waals surface area contributed by atoms with E-state index in [0.29, 0.717) is 0 Å². The van der Waals surface area contributed by atoms with Crippen LogP contribution in [0.2, 0.25) is 5.02 Å². The highest BCUT2D eigenvalue weighted by molar-refractivity contribution is 6.31. The summed E-state index contributed by atoms with van der Waals surface area (Å²) in [6.07, 6.45) is -2.48. The van der Waals surface area contributed by atoms with E-state index in [9.17, 15) is 18.0 Å². The van der Waals surface area contributed by atoms with Crippen molar-refractivity contribution in [1.82, 2.24) is 14.7 Å². The molecule has 2 rings (SSSR count). The Kier molecular flexibility index (Phi) is 4.27. The van der Waals surface area contributed by atoms with Crippen LogP contribution in [-0.2, 0) is 17.5 Å². The van der Waals surface area contributed by atoms with E-state index in [1.54, 1.807) is 4.90 Å². The van der Waals surface area contributed by atoms with E-state index in [1.165, 1.54) is 6.92 Å². The Morgan fingerprint density at radius 3 is 2.45 bits per heavy atom. The summed E-state index contributed by atoms with van der Waals surface area (Å²) in [7, 11) is 0. The fourth-order valence-corrected chi connectivity index (χ4v) is 2.49. The molecule has 0 unspecified atom stereocenters. The van der Waals surface area contributed by atoms with Crippen molar-refractivity contribution in [3.8, 4) is 0 Å². The van der Waals surface area contributed by atoms with Gasteiger partial charge in [0.05, 0.1) is 17.3 Å². The molecule has 0 spiro atoms. The summed E-state index contributed by atoms with van der Waals surface area (Å²) in [5.41, 5.74) is -0.862. The number of carbonyl (C=O) groups excluding carboxylic acids is 1. The minimum Gasteiger partial charge on any atom is -0.343 e. The van der Waals surface area contributed by atoms with Gasteiger partial charge >= 0.3 is 6.18 Å². The quantitative estimate of drug-likeness (QED) is 0.861. The zero-order chi connectivity index (χ0) is 14.9. The van der Waals surface area contributed by atoms with Crippen molar-refractivity contribution in [3.05, 3.63) is 16.4 Å². The summed E-state index contributed by atoms with van der Waals surface area (Å²) in [5.74, 6) is -0.0536. The Labute approximate surface area is 119 Å². The minimum absolute atomic E-state index is 0.0536. The van der Waals surface area contributed by atoms with Crippen molar-refractivity contribution in [1.29, 1.82) is 0 Å². The summed E-state index contributed by atoms with van der Waals surface area (Å²) >= 11 is 5.64. The number of hydrogen-bond acceptors (Lipinski definition) is 2. The van der Waals surface area contributed by atoms with Gasteiger partial charge in [-0.05, 0) is 19.8 Å². The van der Waals surface area contributed by atoms with E-state index < -0.39 is 16.9 Å². The van der Waals surface area contributed by atoms with Gasteiger partial charge in [0, 0.05) is 19.5 Å². The van der Waals surface area contributed by atoms with Crippen molar-refractivity contribution in [2.24, 2.45) is 0 Å². The number of amides is 1. The summed E-state index contributed by atoms with van der Waals surface area (Å²) < 4.78 is 39.1. The van der Waals surface area contributed by atoms with Crippen LogP contribution in [0.15, 0.2) is 0 Å². The van der Waals surface area contributed by atoms with Crippen LogP contribution in [0.3, 0.4) is 0 Å². The van der Waals surface area contributed by atoms with Crippen molar-refractivity contribution in [2.45, 2.75) is 38.9 Å². The van der Waals surface area contributed by atoms with E-state index in [0.717, 1.165) is 30.6 Å². The summed E-state index contributed by atoms with van der Waals surface area (Å²) in [6.45, 7) is 3.03. The Morgan fingerprint density at radius 1 is 1.35 bits per heavy atom. The molecule has 0 aliphatic carbocycles. The van der Waals surface area contributed by atoms with Gasteiger partial charge in [0.15, 0.2) is 5.69 Å². The summed E-state index contributed by atoms with van der Waals surface area (Å²) in [4.78, 5) is 13.6. The van der Waals surface area contributed by atoms with Crippen LogP contribution in [-0.4, -0.2) is 33.7 Å². The van der Waals surface area contributed by atoms with Crippen LogP contribution >= 0.6 is 11.6 Å². The monoisotopic (exact) mass is 309 g/mol. The zero-order valence-corrected chi connectivity index (χ0v) is 11.8. The Balaban J connectivity index is 2.04. The van der Waals surface area contributed by atoms with Gasteiger partial charge in [-0.15, -0.1) is 0 Å². The van der Waals surface area contributed by atoms with E-state index in [-0.39, 0.29) is 24.6 Å². The van der Waals surface area contributed by atoms with Gasteiger partial charge in [-0.3, -0.25) is 9.48 Å². The van der Waals surface area contributed by atoms with Crippen molar-refractivity contribution in [2.75, 3.05) is 13.1 Å². The van der Waals surface area contributed by atoms with Crippen LogP contribution in [0.5, 0.6) is 0 Å². The van der Waals surface area contributed by atoms with Crippen LogP contribution in [0.4, 0.5) is 13.2 Å². The van der Waals surface area contributed by atoms with Crippen molar-refractivity contribution >= 4 is 17.5 Å². The highest BCUT2D eigenvalue weighted by Gasteiger charge is 2.38. The van der Waals surface area contributed by atoms with Gasteiger partial charge in [0.1, 0.15) is 0 Å². The third kappa shape index (κ3) is 3.08. The molecule has 112 valence electrons. The molecule has 0 N–H and O–H groups in total. The lowest BCUT2D eigenvalue weighted by atomic mass is 10.3. The molecule has 4 nitrogen and oxygen atoms in total. The topological polar surface area (TPSA) is 38.1 Å². The Hall–Kier alpha value is -1.24. The third-order valence-corrected chi connectivity index (χ3v) is 3.85. The molecule has 1 aliphatic rings. The van der Waals surface area contributed by atoms with Gasteiger partial charge in [-0.2, -0.15) is 18.3 Å². The lowest BCUT2D eigenvalue weighted by Gasteiger charge is -2.15. The average Bonchev–Trinajstić information content (AvgIpc) is 2.97. The highest BCUT2D eigenvalue weighted by Crippen LogP contribution is 2.35.